The topological polar surface area (TPSA) is 29.1 Å². The van der Waals surface area contributed by atoms with Crippen LogP contribution in [0.25, 0.3) is 0 Å². The van der Waals surface area contributed by atoms with E-state index in [0.29, 0.717) is 17.9 Å². The van der Waals surface area contributed by atoms with E-state index in [9.17, 15) is 4.79 Å². The Balaban J connectivity index is 1.74. The summed E-state index contributed by atoms with van der Waals surface area (Å²) in [6.45, 7) is 0. The second-order valence-corrected chi connectivity index (χ2v) is 5.91. The summed E-state index contributed by atoms with van der Waals surface area (Å²) in [6, 6.07) is 0.484. The number of carbonyl (C=O) groups excluding carboxylic acids is 1. The number of hydrogen-bond donors (Lipinski definition) is 1. The molecular formula is C12H21NOS. The van der Waals surface area contributed by atoms with Gasteiger partial charge in [-0.05, 0) is 31.4 Å². The van der Waals surface area contributed by atoms with Crippen molar-refractivity contribution in [2.75, 3.05) is 11.5 Å². The minimum atomic E-state index is 0.297. The fourth-order valence-electron chi connectivity index (χ4n) is 2.51. The van der Waals surface area contributed by atoms with Crippen LogP contribution in [0.1, 0.15) is 44.9 Å². The van der Waals surface area contributed by atoms with E-state index in [1.807, 2.05) is 11.8 Å². The minimum Gasteiger partial charge on any atom is -0.353 e. The van der Waals surface area contributed by atoms with Gasteiger partial charge in [0.25, 0.3) is 0 Å². The lowest BCUT2D eigenvalue weighted by Gasteiger charge is -2.26. The first kappa shape index (κ1) is 11.3. The first-order valence-corrected chi connectivity index (χ1v) is 7.40. The zero-order valence-corrected chi connectivity index (χ0v) is 10.2. The Labute approximate surface area is 96.6 Å². The molecule has 0 spiro atoms. The molecule has 0 aromatic rings. The Morgan fingerprint density at radius 1 is 1.07 bits per heavy atom. The van der Waals surface area contributed by atoms with Crippen molar-refractivity contribution in [2.24, 2.45) is 5.92 Å². The molecule has 1 aliphatic carbocycles. The van der Waals surface area contributed by atoms with Crippen LogP contribution in [0.3, 0.4) is 0 Å². The van der Waals surface area contributed by atoms with E-state index in [1.165, 1.54) is 44.3 Å². The highest BCUT2D eigenvalue weighted by Crippen LogP contribution is 2.24. The summed E-state index contributed by atoms with van der Waals surface area (Å²) in [5.74, 6) is 2.91. The highest BCUT2D eigenvalue weighted by atomic mass is 32.2. The lowest BCUT2D eigenvalue weighted by Crippen LogP contribution is -2.41. The Morgan fingerprint density at radius 2 is 1.87 bits per heavy atom. The van der Waals surface area contributed by atoms with Gasteiger partial charge in [-0.1, -0.05) is 19.3 Å². The number of thioether (sulfide) groups is 1. The van der Waals surface area contributed by atoms with Gasteiger partial charge < -0.3 is 5.32 Å². The maximum atomic E-state index is 11.9. The molecule has 1 heterocycles. The average molecular weight is 227 g/mol. The molecule has 2 aliphatic rings. The van der Waals surface area contributed by atoms with E-state index in [1.54, 1.807) is 0 Å². The molecule has 1 atom stereocenters. The highest BCUT2D eigenvalue weighted by Gasteiger charge is 2.24. The third kappa shape index (κ3) is 3.40. The second-order valence-electron chi connectivity index (χ2n) is 4.76. The largest absolute Gasteiger partial charge is 0.353 e. The summed E-state index contributed by atoms with van der Waals surface area (Å²) in [7, 11) is 0. The van der Waals surface area contributed by atoms with Gasteiger partial charge in [0.1, 0.15) is 0 Å². The molecule has 2 nitrogen and oxygen atoms in total. The SMILES string of the molecule is O=C(NC1CCCCC1)C1CCCSC1. The molecule has 1 aliphatic heterocycles. The summed E-state index contributed by atoms with van der Waals surface area (Å²) in [5, 5.41) is 3.24. The molecule has 1 N–H and O–H groups in total. The normalized spacial score (nSPS) is 28.7. The van der Waals surface area contributed by atoms with Crippen LogP contribution in [-0.4, -0.2) is 23.5 Å². The summed E-state index contributed by atoms with van der Waals surface area (Å²) in [5.41, 5.74) is 0. The molecular weight excluding hydrogens is 206 g/mol. The number of carbonyl (C=O) groups is 1. The van der Waals surface area contributed by atoms with Crippen LogP contribution in [-0.2, 0) is 4.79 Å². The molecule has 0 aromatic carbocycles. The van der Waals surface area contributed by atoms with Crippen molar-refractivity contribution in [3.63, 3.8) is 0 Å². The fourth-order valence-corrected chi connectivity index (χ4v) is 3.65. The van der Waals surface area contributed by atoms with Crippen LogP contribution >= 0.6 is 11.8 Å². The molecule has 2 fully saturated rings. The van der Waals surface area contributed by atoms with E-state index in [2.05, 4.69) is 5.32 Å². The average Bonchev–Trinajstić information content (AvgIpc) is 2.31. The van der Waals surface area contributed by atoms with Gasteiger partial charge >= 0.3 is 0 Å². The van der Waals surface area contributed by atoms with Crippen molar-refractivity contribution < 1.29 is 4.79 Å². The Morgan fingerprint density at radius 3 is 2.53 bits per heavy atom. The van der Waals surface area contributed by atoms with Crippen molar-refractivity contribution >= 4 is 17.7 Å². The minimum absolute atomic E-state index is 0.297. The van der Waals surface area contributed by atoms with Crippen molar-refractivity contribution in [3.8, 4) is 0 Å². The number of amides is 1. The second kappa shape index (κ2) is 5.78. The molecule has 1 saturated heterocycles. The van der Waals surface area contributed by atoms with E-state index < -0.39 is 0 Å². The van der Waals surface area contributed by atoms with Crippen LogP contribution in [0.2, 0.25) is 0 Å². The predicted molar refractivity (Wildman–Crippen MR) is 65.1 cm³/mol. The van der Waals surface area contributed by atoms with E-state index in [4.69, 9.17) is 0 Å². The summed E-state index contributed by atoms with van der Waals surface area (Å²) < 4.78 is 0. The number of rotatable bonds is 2. The summed E-state index contributed by atoms with van der Waals surface area (Å²) >= 11 is 1.93. The molecule has 86 valence electrons. The zero-order chi connectivity index (χ0) is 10.5. The fraction of sp³-hybridized carbons (Fsp3) is 0.917. The standard InChI is InChI=1S/C12H21NOS/c14-12(10-5-4-8-15-9-10)13-11-6-2-1-3-7-11/h10-11H,1-9H2,(H,13,14). The van der Waals surface area contributed by atoms with Gasteiger partial charge in [-0.3, -0.25) is 4.79 Å². The molecule has 0 bridgehead atoms. The van der Waals surface area contributed by atoms with Gasteiger partial charge in [0.2, 0.25) is 5.91 Å². The third-order valence-electron chi connectivity index (χ3n) is 3.48. The summed E-state index contributed by atoms with van der Waals surface area (Å²) in [4.78, 5) is 11.9. The Kier molecular flexibility index (Phi) is 4.36. The van der Waals surface area contributed by atoms with Gasteiger partial charge in [-0.25, -0.2) is 0 Å². The zero-order valence-electron chi connectivity index (χ0n) is 9.34. The molecule has 0 radical (unpaired) electrons. The smallest absolute Gasteiger partial charge is 0.224 e. The highest BCUT2D eigenvalue weighted by molar-refractivity contribution is 7.99. The molecule has 1 amide bonds. The van der Waals surface area contributed by atoms with E-state index >= 15 is 0 Å². The Bertz CT molecular complexity index is 208. The first-order valence-electron chi connectivity index (χ1n) is 6.24. The van der Waals surface area contributed by atoms with Crippen LogP contribution in [0.4, 0.5) is 0 Å². The molecule has 0 aromatic heterocycles. The monoisotopic (exact) mass is 227 g/mol. The summed E-state index contributed by atoms with van der Waals surface area (Å²) in [6.07, 6.45) is 8.66. The maximum absolute atomic E-state index is 11.9. The molecule has 2 rings (SSSR count). The maximum Gasteiger partial charge on any atom is 0.224 e. The Hall–Kier alpha value is -0.180. The molecule has 1 saturated carbocycles. The van der Waals surface area contributed by atoms with Crippen LogP contribution in [0.15, 0.2) is 0 Å². The van der Waals surface area contributed by atoms with Crippen LogP contribution < -0.4 is 5.32 Å². The van der Waals surface area contributed by atoms with Gasteiger partial charge in [0, 0.05) is 17.7 Å². The van der Waals surface area contributed by atoms with E-state index in [0.717, 1.165) is 12.2 Å². The van der Waals surface area contributed by atoms with Crippen molar-refractivity contribution in [3.05, 3.63) is 0 Å². The molecule has 1 unspecified atom stereocenters. The first-order chi connectivity index (χ1) is 7.36. The number of nitrogens with one attached hydrogen (secondary N) is 1. The van der Waals surface area contributed by atoms with Gasteiger partial charge in [0.15, 0.2) is 0 Å². The van der Waals surface area contributed by atoms with Gasteiger partial charge in [0.05, 0.1) is 0 Å². The van der Waals surface area contributed by atoms with Gasteiger partial charge in [-0.2, -0.15) is 11.8 Å². The third-order valence-corrected chi connectivity index (χ3v) is 4.70. The lowest BCUT2D eigenvalue weighted by atomic mass is 9.94. The van der Waals surface area contributed by atoms with Gasteiger partial charge in [-0.15, -0.1) is 0 Å². The van der Waals surface area contributed by atoms with Crippen LogP contribution in [0, 0.1) is 5.92 Å². The predicted octanol–water partition coefficient (Wildman–Crippen LogP) is 2.58. The molecule has 15 heavy (non-hydrogen) atoms. The molecule has 3 heteroatoms. The van der Waals surface area contributed by atoms with Crippen molar-refractivity contribution in [1.82, 2.24) is 5.32 Å². The number of hydrogen-bond acceptors (Lipinski definition) is 2. The van der Waals surface area contributed by atoms with Crippen molar-refractivity contribution in [2.45, 2.75) is 51.0 Å². The van der Waals surface area contributed by atoms with Crippen LogP contribution in [0.5, 0.6) is 0 Å². The van der Waals surface area contributed by atoms with Crippen molar-refractivity contribution in [1.29, 1.82) is 0 Å². The van der Waals surface area contributed by atoms with E-state index in [-0.39, 0.29) is 0 Å². The quantitative estimate of drug-likeness (QED) is 0.785. The lowest BCUT2D eigenvalue weighted by molar-refractivity contribution is -0.125.